The van der Waals surface area contributed by atoms with Crippen LogP contribution in [0.15, 0.2) is 48.7 Å². The van der Waals surface area contributed by atoms with Gasteiger partial charge in [0.25, 0.3) is 0 Å². The monoisotopic (exact) mass is 848 g/mol. The SMILES string of the molecule is COCC1C[C@@H](c2ncc(-c3ccc4c(c3)COc3cc5c(ccc6[nH]c([C@@H]7CC[C@H](C)N7C(=O)C(NC(=O)OC)C(C)C)nc65)cc3-4)[nH]2)N(C(=O)C(NC(=O)OC)C(C)C)C1. The first kappa shape index (κ1) is 42.5. The van der Waals surface area contributed by atoms with Crippen LogP contribution in [0.2, 0.25) is 0 Å². The highest BCUT2D eigenvalue weighted by Gasteiger charge is 2.43. The summed E-state index contributed by atoms with van der Waals surface area (Å²) in [6, 6.07) is 12.5. The second-order valence-electron chi connectivity index (χ2n) is 17.5. The molecule has 6 atom stereocenters. The molecule has 0 saturated carbocycles. The molecule has 16 heteroatoms. The Labute approximate surface area is 360 Å². The quantitative estimate of drug-likeness (QED) is 0.107. The minimum absolute atomic E-state index is 0.0301. The van der Waals surface area contributed by atoms with Gasteiger partial charge in [-0.25, -0.2) is 19.6 Å². The first-order valence-electron chi connectivity index (χ1n) is 21.4. The number of ether oxygens (including phenoxy) is 4. The van der Waals surface area contributed by atoms with Crippen LogP contribution in [0.1, 0.15) is 83.2 Å². The van der Waals surface area contributed by atoms with E-state index in [9.17, 15) is 19.2 Å². The molecule has 328 valence electrons. The molecule has 16 nitrogen and oxygen atoms in total. The summed E-state index contributed by atoms with van der Waals surface area (Å²) >= 11 is 0. The number of amides is 4. The van der Waals surface area contributed by atoms with Gasteiger partial charge in [-0.05, 0) is 84.4 Å². The van der Waals surface area contributed by atoms with Crippen molar-refractivity contribution in [2.75, 3.05) is 34.5 Å². The molecule has 2 saturated heterocycles. The zero-order chi connectivity index (χ0) is 44.0. The lowest BCUT2D eigenvalue weighted by atomic mass is 9.92. The second-order valence-corrected chi connectivity index (χ2v) is 17.5. The topological polar surface area (TPSA) is 193 Å². The van der Waals surface area contributed by atoms with Crippen molar-refractivity contribution in [1.29, 1.82) is 0 Å². The Balaban J connectivity index is 1.05. The van der Waals surface area contributed by atoms with E-state index in [1.807, 2.05) is 45.6 Å². The van der Waals surface area contributed by atoms with Gasteiger partial charge in [0, 0.05) is 36.6 Å². The van der Waals surface area contributed by atoms with Gasteiger partial charge in [0.2, 0.25) is 11.8 Å². The van der Waals surface area contributed by atoms with E-state index >= 15 is 0 Å². The predicted molar refractivity (Wildman–Crippen MR) is 232 cm³/mol. The average Bonchev–Trinajstić information content (AvgIpc) is 4.09. The van der Waals surface area contributed by atoms with Crippen molar-refractivity contribution >= 4 is 45.8 Å². The van der Waals surface area contributed by atoms with Crippen LogP contribution in [0.5, 0.6) is 5.75 Å². The highest BCUT2D eigenvalue weighted by molar-refractivity contribution is 6.07. The number of H-pyrrole nitrogens is 2. The Hall–Kier alpha value is -6.16. The fourth-order valence-electron chi connectivity index (χ4n) is 9.43. The minimum Gasteiger partial charge on any atom is -0.488 e. The highest BCUT2D eigenvalue weighted by atomic mass is 16.5. The summed E-state index contributed by atoms with van der Waals surface area (Å²) in [6.45, 7) is 11.0. The number of nitrogens with zero attached hydrogens (tertiary/aromatic N) is 4. The van der Waals surface area contributed by atoms with Gasteiger partial charge in [-0.1, -0.05) is 45.9 Å². The predicted octanol–water partition coefficient (Wildman–Crippen LogP) is 7.01. The van der Waals surface area contributed by atoms with Gasteiger partial charge in [0.1, 0.15) is 36.1 Å². The van der Waals surface area contributed by atoms with Crippen molar-refractivity contribution < 1.29 is 38.1 Å². The maximum Gasteiger partial charge on any atom is 0.407 e. The number of aromatic amines is 2. The van der Waals surface area contributed by atoms with E-state index in [0.29, 0.717) is 37.8 Å². The van der Waals surface area contributed by atoms with E-state index in [1.54, 1.807) is 18.2 Å². The number of rotatable bonds is 11. The van der Waals surface area contributed by atoms with Crippen molar-refractivity contribution in [3.05, 3.63) is 65.9 Å². The number of hydrogen-bond donors (Lipinski definition) is 4. The molecule has 0 radical (unpaired) electrons. The van der Waals surface area contributed by atoms with Crippen molar-refractivity contribution in [2.24, 2.45) is 17.8 Å². The Morgan fingerprint density at radius 3 is 2.27 bits per heavy atom. The molecule has 3 aliphatic rings. The van der Waals surface area contributed by atoms with Gasteiger partial charge >= 0.3 is 12.2 Å². The van der Waals surface area contributed by atoms with Crippen LogP contribution in [0.25, 0.3) is 44.2 Å². The molecule has 0 bridgehead atoms. The number of aromatic nitrogens is 4. The van der Waals surface area contributed by atoms with Gasteiger partial charge in [-0.15, -0.1) is 0 Å². The zero-order valence-electron chi connectivity index (χ0n) is 36.5. The van der Waals surface area contributed by atoms with Crippen LogP contribution >= 0.6 is 0 Å². The molecule has 2 aromatic heterocycles. The second kappa shape index (κ2) is 17.3. The maximum atomic E-state index is 14.0. The number of hydrogen-bond acceptors (Lipinski definition) is 10. The molecule has 2 fully saturated rings. The summed E-state index contributed by atoms with van der Waals surface area (Å²) in [5.41, 5.74) is 6.50. The first-order chi connectivity index (χ1) is 29.8. The normalized spacial score (nSPS) is 20.5. The Bertz CT molecular complexity index is 2510. The smallest absolute Gasteiger partial charge is 0.407 e. The van der Waals surface area contributed by atoms with Crippen LogP contribution in [0.3, 0.4) is 0 Å². The Morgan fingerprint density at radius 1 is 0.855 bits per heavy atom. The number of likely N-dealkylation sites (tertiary alicyclic amines) is 2. The van der Waals surface area contributed by atoms with E-state index in [-0.39, 0.29) is 47.7 Å². The molecule has 3 unspecified atom stereocenters. The number of methoxy groups -OCH3 is 3. The van der Waals surface area contributed by atoms with Crippen molar-refractivity contribution in [3.8, 4) is 28.1 Å². The Morgan fingerprint density at radius 2 is 1.58 bits per heavy atom. The number of nitrogens with one attached hydrogen (secondary N) is 4. The number of alkyl carbamates (subject to hydrolysis) is 2. The van der Waals surface area contributed by atoms with Gasteiger partial charge in [-0.3, -0.25) is 9.59 Å². The van der Waals surface area contributed by atoms with Crippen LogP contribution in [0, 0.1) is 17.8 Å². The molecule has 3 aliphatic heterocycles. The van der Waals surface area contributed by atoms with E-state index < -0.39 is 24.3 Å². The van der Waals surface area contributed by atoms with Gasteiger partial charge < -0.3 is 49.3 Å². The van der Waals surface area contributed by atoms with Crippen molar-refractivity contribution in [3.63, 3.8) is 0 Å². The number of benzene rings is 3. The van der Waals surface area contributed by atoms with E-state index in [1.165, 1.54) is 14.2 Å². The lowest BCUT2D eigenvalue weighted by Gasteiger charge is -2.32. The summed E-state index contributed by atoms with van der Waals surface area (Å²) < 4.78 is 21.6. The molecule has 8 rings (SSSR count). The number of imidazole rings is 2. The molecule has 5 heterocycles. The van der Waals surface area contributed by atoms with Crippen LogP contribution < -0.4 is 15.4 Å². The standard InChI is InChI=1S/C46H56N8O8/c1-23(2)38(51-45(57)60-7)43(55)53-20-26(21-59-6)15-36(53)41-47-19-34(49-41)28-10-12-30-29(16-28)22-62-37-18-31-27(17-32(30)37)11-13-33-40(31)50-42(48-33)35-14-9-25(5)54(35)44(56)39(24(3)4)52-46(58)61-8/h10-13,16-19,23-26,35-36,38-39H,9,14-15,20-22H2,1-8H3,(H,47,49)(H,48,50)(H,51,57)(H,52,58)/t25-,26?,35-,36-,38?,39?/m0/s1. The first-order valence-corrected chi connectivity index (χ1v) is 21.4. The molecule has 0 spiro atoms. The van der Waals surface area contributed by atoms with Gasteiger partial charge in [-0.2, -0.15) is 0 Å². The number of fused-ring (bicyclic) bond motifs is 6. The number of carbonyl (C=O) groups excluding carboxylic acids is 4. The molecule has 5 aromatic rings. The van der Waals surface area contributed by atoms with Crippen molar-refractivity contribution in [2.45, 2.75) is 90.7 Å². The zero-order valence-corrected chi connectivity index (χ0v) is 36.5. The summed E-state index contributed by atoms with van der Waals surface area (Å²) in [4.78, 5) is 72.8. The fourth-order valence-corrected chi connectivity index (χ4v) is 9.43. The van der Waals surface area contributed by atoms with E-state index in [4.69, 9.17) is 28.9 Å². The van der Waals surface area contributed by atoms with Crippen LogP contribution in [-0.4, -0.2) is 106 Å². The third kappa shape index (κ3) is 7.91. The van der Waals surface area contributed by atoms with E-state index in [2.05, 4.69) is 57.0 Å². The summed E-state index contributed by atoms with van der Waals surface area (Å²) in [6.07, 6.45) is 2.73. The lowest BCUT2D eigenvalue weighted by molar-refractivity contribution is -0.137. The third-order valence-electron chi connectivity index (χ3n) is 12.7. The largest absolute Gasteiger partial charge is 0.488 e. The maximum absolute atomic E-state index is 14.0. The Kier molecular flexibility index (Phi) is 11.9. The minimum atomic E-state index is -0.755. The lowest BCUT2D eigenvalue weighted by Crippen LogP contribution is -2.52. The van der Waals surface area contributed by atoms with Crippen LogP contribution in [0.4, 0.5) is 9.59 Å². The average molecular weight is 849 g/mol. The molecule has 0 aliphatic carbocycles. The summed E-state index contributed by atoms with van der Waals surface area (Å²) in [5.74, 6) is 1.61. The molecular formula is C46H56N8O8. The van der Waals surface area contributed by atoms with E-state index in [0.717, 1.165) is 68.3 Å². The number of carbonyl (C=O) groups is 4. The highest BCUT2D eigenvalue weighted by Crippen LogP contribution is 2.44. The van der Waals surface area contributed by atoms with Crippen LogP contribution in [-0.2, 0) is 30.4 Å². The molecule has 4 amide bonds. The summed E-state index contributed by atoms with van der Waals surface area (Å²) in [7, 11) is 4.23. The molecule has 4 N–H and O–H groups in total. The molecular weight excluding hydrogens is 793 g/mol. The van der Waals surface area contributed by atoms with Crippen molar-refractivity contribution in [1.82, 2.24) is 40.4 Å². The van der Waals surface area contributed by atoms with Gasteiger partial charge in [0.05, 0.1) is 55.8 Å². The molecule has 3 aromatic carbocycles. The third-order valence-corrected chi connectivity index (χ3v) is 12.7. The van der Waals surface area contributed by atoms with Gasteiger partial charge in [0.15, 0.2) is 0 Å². The summed E-state index contributed by atoms with van der Waals surface area (Å²) in [5, 5.41) is 7.41. The molecule has 62 heavy (non-hydrogen) atoms. The fraction of sp³-hybridized carbons (Fsp3) is 0.478.